The van der Waals surface area contributed by atoms with Gasteiger partial charge in [-0.05, 0) is 36.4 Å². The third-order valence-electron chi connectivity index (χ3n) is 3.83. The fourth-order valence-electron chi connectivity index (χ4n) is 2.50. The molecule has 0 amide bonds. The summed E-state index contributed by atoms with van der Waals surface area (Å²) in [4.78, 5) is 12.4. The summed E-state index contributed by atoms with van der Waals surface area (Å²) < 4.78 is 21.5. The summed E-state index contributed by atoms with van der Waals surface area (Å²) in [5, 5.41) is 7.82. The smallest absolute Gasteiger partial charge is 0.324 e. The molecule has 0 saturated carbocycles. The van der Waals surface area contributed by atoms with Crippen LogP contribution in [0.2, 0.25) is 0 Å². The van der Waals surface area contributed by atoms with Crippen LogP contribution in [0.15, 0.2) is 58.2 Å². The molecule has 0 spiro atoms. The summed E-state index contributed by atoms with van der Waals surface area (Å²) in [5.41, 5.74) is 1.46. The highest BCUT2D eigenvalue weighted by Gasteiger charge is 2.26. The summed E-state index contributed by atoms with van der Waals surface area (Å²) in [6.07, 6.45) is 0. The largest absolute Gasteiger partial charge is 0.497 e. The summed E-state index contributed by atoms with van der Waals surface area (Å²) in [7, 11) is 3.13. The second-order valence-electron chi connectivity index (χ2n) is 5.64. The third-order valence-corrected chi connectivity index (χ3v) is 4.89. The van der Waals surface area contributed by atoms with Crippen LogP contribution in [0, 0.1) is 0 Å². The monoisotopic (exact) mass is 400 g/mol. The van der Waals surface area contributed by atoms with E-state index in [0.717, 1.165) is 17.3 Å². The van der Waals surface area contributed by atoms with Gasteiger partial charge in [-0.2, -0.15) is 0 Å². The van der Waals surface area contributed by atoms with Crippen molar-refractivity contribution in [3.63, 3.8) is 0 Å². The second kappa shape index (κ2) is 9.27. The summed E-state index contributed by atoms with van der Waals surface area (Å²) in [6.45, 7) is 2.06. The van der Waals surface area contributed by atoms with Gasteiger partial charge in [0, 0.05) is 11.6 Å². The van der Waals surface area contributed by atoms with Crippen molar-refractivity contribution in [1.82, 2.24) is 10.2 Å². The highest BCUT2D eigenvalue weighted by atomic mass is 32.2. The van der Waals surface area contributed by atoms with E-state index in [1.807, 2.05) is 30.3 Å². The average molecular weight is 400 g/mol. The molecule has 0 aliphatic carbocycles. The molecule has 0 unspecified atom stereocenters. The highest BCUT2D eigenvalue weighted by Crippen LogP contribution is 2.37. The third kappa shape index (κ3) is 4.64. The Labute approximate surface area is 167 Å². The molecular formula is C20H20N2O5S. The van der Waals surface area contributed by atoms with E-state index < -0.39 is 5.25 Å². The number of carbonyl (C=O) groups excluding carboxylic acids is 1. The maximum Gasteiger partial charge on any atom is 0.324 e. The van der Waals surface area contributed by atoms with Crippen molar-refractivity contribution in [3.8, 4) is 23.0 Å². The van der Waals surface area contributed by atoms with Crippen LogP contribution in [0.4, 0.5) is 0 Å². The first-order valence-electron chi connectivity index (χ1n) is 8.59. The molecule has 0 N–H and O–H groups in total. The lowest BCUT2D eigenvalue weighted by atomic mass is 10.1. The Hall–Kier alpha value is -3.00. The first kappa shape index (κ1) is 19.8. The van der Waals surface area contributed by atoms with E-state index in [1.165, 1.54) is 0 Å². The number of rotatable bonds is 8. The zero-order valence-corrected chi connectivity index (χ0v) is 16.6. The Balaban J connectivity index is 1.87. The normalized spacial score (nSPS) is 11.7. The molecule has 8 heteroatoms. The molecule has 146 valence electrons. The minimum Gasteiger partial charge on any atom is -0.497 e. The van der Waals surface area contributed by atoms with Crippen molar-refractivity contribution in [2.75, 3.05) is 20.8 Å². The van der Waals surface area contributed by atoms with Gasteiger partial charge in [0.05, 0.1) is 20.8 Å². The molecule has 28 heavy (non-hydrogen) atoms. The van der Waals surface area contributed by atoms with Crippen LogP contribution < -0.4 is 9.47 Å². The summed E-state index contributed by atoms with van der Waals surface area (Å²) >= 11 is 1.15. The van der Waals surface area contributed by atoms with E-state index in [4.69, 9.17) is 18.6 Å². The first-order valence-corrected chi connectivity index (χ1v) is 9.47. The molecule has 1 aromatic heterocycles. The second-order valence-corrected chi connectivity index (χ2v) is 6.69. The van der Waals surface area contributed by atoms with Gasteiger partial charge in [-0.25, -0.2) is 0 Å². The van der Waals surface area contributed by atoms with Gasteiger partial charge in [0.25, 0.3) is 5.22 Å². The Kier molecular flexibility index (Phi) is 6.54. The SMILES string of the molecule is CCOC(=O)[C@@H](Sc1nnc(-c2cc(OC)cc(OC)c2)o1)c1ccccc1. The summed E-state index contributed by atoms with van der Waals surface area (Å²) in [6, 6.07) is 14.6. The van der Waals surface area contributed by atoms with Crippen molar-refractivity contribution >= 4 is 17.7 Å². The maximum absolute atomic E-state index is 12.4. The molecule has 3 aromatic rings. The lowest BCUT2D eigenvalue weighted by Gasteiger charge is -2.13. The molecule has 0 fully saturated rings. The number of hydrogen-bond acceptors (Lipinski definition) is 8. The zero-order chi connectivity index (χ0) is 19.9. The number of thioether (sulfide) groups is 1. The minimum atomic E-state index is -0.603. The van der Waals surface area contributed by atoms with E-state index in [1.54, 1.807) is 39.3 Å². The Morgan fingerprint density at radius 1 is 1.07 bits per heavy atom. The lowest BCUT2D eigenvalue weighted by molar-refractivity contribution is -0.142. The quantitative estimate of drug-likeness (QED) is 0.412. The van der Waals surface area contributed by atoms with Crippen molar-refractivity contribution in [3.05, 3.63) is 54.1 Å². The number of aromatic nitrogens is 2. The van der Waals surface area contributed by atoms with Crippen LogP contribution >= 0.6 is 11.8 Å². The van der Waals surface area contributed by atoms with Crippen LogP contribution in [0.1, 0.15) is 17.7 Å². The van der Waals surface area contributed by atoms with Gasteiger partial charge >= 0.3 is 5.97 Å². The molecule has 0 saturated heterocycles. The van der Waals surface area contributed by atoms with Crippen molar-refractivity contribution < 1.29 is 23.4 Å². The summed E-state index contributed by atoms with van der Waals surface area (Å²) in [5.74, 6) is 1.16. The molecule has 3 rings (SSSR count). The molecule has 7 nitrogen and oxygen atoms in total. The van der Waals surface area contributed by atoms with Crippen LogP contribution in [-0.4, -0.2) is 37.0 Å². The van der Waals surface area contributed by atoms with Crippen LogP contribution in [0.5, 0.6) is 11.5 Å². The lowest BCUT2D eigenvalue weighted by Crippen LogP contribution is -2.13. The van der Waals surface area contributed by atoms with E-state index in [2.05, 4.69) is 10.2 Å². The Morgan fingerprint density at radius 2 is 1.75 bits per heavy atom. The number of hydrogen-bond donors (Lipinski definition) is 0. The minimum absolute atomic E-state index is 0.263. The number of methoxy groups -OCH3 is 2. The van der Waals surface area contributed by atoms with E-state index in [-0.39, 0.29) is 11.2 Å². The zero-order valence-electron chi connectivity index (χ0n) is 15.7. The molecule has 0 aliphatic rings. The van der Waals surface area contributed by atoms with Gasteiger partial charge in [-0.1, -0.05) is 30.3 Å². The molecule has 2 aromatic carbocycles. The van der Waals surface area contributed by atoms with Crippen molar-refractivity contribution in [1.29, 1.82) is 0 Å². The first-order chi connectivity index (χ1) is 13.6. The Bertz CT molecular complexity index is 907. The van der Waals surface area contributed by atoms with Gasteiger partial charge < -0.3 is 18.6 Å². The van der Waals surface area contributed by atoms with Gasteiger partial charge in [-0.15, -0.1) is 10.2 Å². The van der Waals surface area contributed by atoms with Crippen molar-refractivity contribution in [2.24, 2.45) is 0 Å². The van der Waals surface area contributed by atoms with Gasteiger partial charge in [0.2, 0.25) is 5.89 Å². The highest BCUT2D eigenvalue weighted by molar-refractivity contribution is 8.00. The fourth-order valence-corrected chi connectivity index (χ4v) is 3.38. The van der Waals surface area contributed by atoms with E-state index in [0.29, 0.717) is 29.6 Å². The molecule has 0 radical (unpaired) electrons. The standard InChI is InChI=1S/C20H20N2O5S/c1-4-26-19(23)17(13-8-6-5-7-9-13)28-20-22-21-18(27-20)14-10-15(24-2)12-16(11-14)25-3/h5-12,17H,4H2,1-3H3/t17-/m0/s1. The predicted molar refractivity (Wildman–Crippen MR) is 105 cm³/mol. The molecule has 0 bridgehead atoms. The number of carbonyl (C=O) groups is 1. The fraction of sp³-hybridized carbons (Fsp3) is 0.250. The van der Waals surface area contributed by atoms with Gasteiger partial charge in [0.15, 0.2) is 0 Å². The van der Waals surface area contributed by atoms with Crippen LogP contribution in [0.3, 0.4) is 0 Å². The van der Waals surface area contributed by atoms with Gasteiger partial charge in [0.1, 0.15) is 16.7 Å². The average Bonchev–Trinajstić information content (AvgIpc) is 3.21. The Morgan fingerprint density at radius 3 is 2.36 bits per heavy atom. The van der Waals surface area contributed by atoms with Crippen LogP contribution in [0.25, 0.3) is 11.5 Å². The number of ether oxygens (including phenoxy) is 3. The number of benzene rings is 2. The van der Waals surface area contributed by atoms with E-state index in [9.17, 15) is 4.79 Å². The molecule has 1 atom stereocenters. The maximum atomic E-state index is 12.4. The van der Waals surface area contributed by atoms with E-state index >= 15 is 0 Å². The topological polar surface area (TPSA) is 83.7 Å². The number of nitrogens with zero attached hydrogens (tertiary/aromatic N) is 2. The number of esters is 1. The van der Waals surface area contributed by atoms with Crippen molar-refractivity contribution in [2.45, 2.75) is 17.4 Å². The molecular weight excluding hydrogens is 380 g/mol. The molecule has 1 heterocycles. The predicted octanol–water partition coefficient (Wildman–Crippen LogP) is 4.15. The molecule has 0 aliphatic heterocycles. The van der Waals surface area contributed by atoms with Crippen LogP contribution in [-0.2, 0) is 9.53 Å². The van der Waals surface area contributed by atoms with Gasteiger partial charge in [-0.3, -0.25) is 4.79 Å².